The molecule has 0 heterocycles. The van der Waals surface area contributed by atoms with E-state index in [0.717, 1.165) is 5.56 Å². The zero-order chi connectivity index (χ0) is 14.3. The average Bonchev–Trinajstić information content (AvgIpc) is 2.37. The number of benzene rings is 1. The minimum Gasteiger partial charge on any atom is -0.396 e. The van der Waals surface area contributed by atoms with Crippen molar-refractivity contribution in [2.45, 2.75) is 32.7 Å². The summed E-state index contributed by atoms with van der Waals surface area (Å²) in [7, 11) is 0. The summed E-state index contributed by atoms with van der Waals surface area (Å²) in [6, 6.07) is 9.19. The Morgan fingerprint density at radius 3 is 2.58 bits per heavy atom. The van der Waals surface area contributed by atoms with Crippen LogP contribution in [0, 0.1) is 5.41 Å². The van der Waals surface area contributed by atoms with Gasteiger partial charge in [-0.1, -0.05) is 44.2 Å². The Hall–Kier alpha value is -1.39. The summed E-state index contributed by atoms with van der Waals surface area (Å²) < 4.78 is 0. The maximum absolute atomic E-state index is 11.9. The summed E-state index contributed by atoms with van der Waals surface area (Å²) in [6.45, 7) is 4.66. The highest BCUT2D eigenvalue weighted by molar-refractivity contribution is 5.81. The average molecular weight is 264 g/mol. The van der Waals surface area contributed by atoms with Gasteiger partial charge in [-0.15, -0.1) is 0 Å². The normalized spacial score (nSPS) is 13.1. The fraction of sp³-hybridized carbons (Fsp3) is 0.533. The minimum atomic E-state index is -0.535. The van der Waals surface area contributed by atoms with Crippen LogP contribution in [0.1, 0.15) is 25.8 Å². The van der Waals surface area contributed by atoms with Gasteiger partial charge in [0.25, 0.3) is 0 Å². The molecular weight excluding hydrogens is 240 g/mol. The van der Waals surface area contributed by atoms with Crippen molar-refractivity contribution in [3.8, 4) is 0 Å². The van der Waals surface area contributed by atoms with Crippen LogP contribution in [0.25, 0.3) is 0 Å². The van der Waals surface area contributed by atoms with Gasteiger partial charge in [-0.05, 0) is 23.8 Å². The van der Waals surface area contributed by atoms with E-state index < -0.39 is 6.04 Å². The predicted octanol–water partition coefficient (Wildman–Crippen LogP) is 1.08. The smallest absolute Gasteiger partial charge is 0.237 e. The molecule has 0 aliphatic carbocycles. The molecule has 106 valence electrons. The molecule has 4 N–H and O–H groups in total. The topological polar surface area (TPSA) is 75.3 Å². The third-order valence-electron chi connectivity index (χ3n) is 3.16. The maximum atomic E-state index is 11.9. The van der Waals surface area contributed by atoms with Crippen molar-refractivity contribution in [3.05, 3.63) is 35.9 Å². The first-order chi connectivity index (χ1) is 8.94. The highest BCUT2D eigenvalue weighted by Crippen LogP contribution is 2.17. The van der Waals surface area contributed by atoms with Crippen LogP contribution in [-0.4, -0.2) is 30.2 Å². The molecule has 19 heavy (non-hydrogen) atoms. The second-order valence-electron chi connectivity index (χ2n) is 5.65. The molecule has 0 saturated heterocycles. The number of carbonyl (C=O) groups excluding carboxylic acids is 1. The molecule has 1 amide bonds. The molecule has 0 spiro atoms. The first kappa shape index (κ1) is 15.7. The Bertz CT molecular complexity index is 390. The van der Waals surface area contributed by atoms with Crippen molar-refractivity contribution in [1.82, 2.24) is 5.32 Å². The monoisotopic (exact) mass is 264 g/mol. The van der Waals surface area contributed by atoms with Crippen molar-refractivity contribution >= 4 is 5.91 Å². The maximum Gasteiger partial charge on any atom is 0.237 e. The Kier molecular flexibility index (Phi) is 5.99. The fourth-order valence-corrected chi connectivity index (χ4v) is 1.81. The van der Waals surface area contributed by atoms with Crippen molar-refractivity contribution in [2.75, 3.05) is 13.2 Å². The zero-order valence-electron chi connectivity index (χ0n) is 11.7. The lowest BCUT2D eigenvalue weighted by atomic mass is 9.89. The lowest BCUT2D eigenvalue weighted by molar-refractivity contribution is -0.122. The number of nitrogens with one attached hydrogen (secondary N) is 1. The molecule has 0 fully saturated rings. The number of hydrogen-bond acceptors (Lipinski definition) is 3. The van der Waals surface area contributed by atoms with Gasteiger partial charge in [-0.3, -0.25) is 4.79 Å². The largest absolute Gasteiger partial charge is 0.396 e. The van der Waals surface area contributed by atoms with Crippen LogP contribution in [0.15, 0.2) is 30.3 Å². The van der Waals surface area contributed by atoms with E-state index in [-0.39, 0.29) is 17.9 Å². The molecule has 1 rings (SSSR count). The van der Waals surface area contributed by atoms with Crippen molar-refractivity contribution in [2.24, 2.45) is 11.1 Å². The van der Waals surface area contributed by atoms with E-state index in [9.17, 15) is 4.79 Å². The molecule has 0 radical (unpaired) electrons. The minimum absolute atomic E-state index is 0.114. The predicted molar refractivity (Wildman–Crippen MR) is 76.6 cm³/mol. The molecule has 4 heteroatoms. The zero-order valence-corrected chi connectivity index (χ0v) is 11.7. The molecule has 0 aromatic heterocycles. The number of amides is 1. The molecular formula is C15H24N2O2. The highest BCUT2D eigenvalue weighted by atomic mass is 16.3. The Labute approximate surface area is 115 Å². The third-order valence-corrected chi connectivity index (χ3v) is 3.16. The van der Waals surface area contributed by atoms with Gasteiger partial charge in [0.2, 0.25) is 5.91 Å². The van der Waals surface area contributed by atoms with E-state index in [0.29, 0.717) is 19.4 Å². The number of rotatable bonds is 7. The SMILES string of the molecule is CC(C)(CCO)CNC(=O)[C@H](N)Cc1ccccc1. The van der Waals surface area contributed by atoms with Crippen LogP contribution in [0.5, 0.6) is 0 Å². The van der Waals surface area contributed by atoms with Crippen LogP contribution in [0.4, 0.5) is 0 Å². The van der Waals surface area contributed by atoms with Crippen LogP contribution in [0.3, 0.4) is 0 Å². The van der Waals surface area contributed by atoms with Gasteiger partial charge in [0.05, 0.1) is 6.04 Å². The van der Waals surface area contributed by atoms with Gasteiger partial charge in [-0.25, -0.2) is 0 Å². The highest BCUT2D eigenvalue weighted by Gasteiger charge is 2.20. The van der Waals surface area contributed by atoms with E-state index in [1.165, 1.54) is 0 Å². The molecule has 0 aliphatic heterocycles. The van der Waals surface area contributed by atoms with Crippen molar-refractivity contribution in [3.63, 3.8) is 0 Å². The van der Waals surface area contributed by atoms with Crippen LogP contribution < -0.4 is 11.1 Å². The van der Waals surface area contributed by atoms with E-state index >= 15 is 0 Å². The van der Waals surface area contributed by atoms with Crippen molar-refractivity contribution in [1.29, 1.82) is 0 Å². The molecule has 0 unspecified atom stereocenters. The van der Waals surface area contributed by atoms with E-state index in [2.05, 4.69) is 5.32 Å². The Balaban J connectivity index is 2.41. The Morgan fingerprint density at radius 2 is 2.00 bits per heavy atom. The molecule has 0 bridgehead atoms. The lowest BCUT2D eigenvalue weighted by Gasteiger charge is -2.24. The lowest BCUT2D eigenvalue weighted by Crippen LogP contribution is -2.45. The summed E-state index contributed by atoms with van der Waals surface area (Å²) >= 11 is 0. The summed E-state index contributed by atoms with van der Waals surface area (Å²) in [5, 5.41) is 11.8. The molecule has 1 aromatic rings. The number of aliphatic hydroxyl groups is 1. The van der Waals surface area contributed by atoms with E-state index in [1.807, 2.05) is 44.2 Å². The van der Waals surface area contributed by atoms with Crippen LogP contribution >= 0.6 is 0 Å². The van der Waals surface area contributed by atoms with Gasteiger partial charge >= 0.3 is 0 Å². The molecule has 0 saturated carbocycles. The summed E-state index contributed by atoms with van der Waals surface area (Å²) in [5.74, 6) is -0.144. The first-order valence-electron chi connectivity index (χ1n) is 6.63. The standard InChI is InChI=1S/C15H24N2O2/c1-15(2,8-9-18)11-17-14(19)13(16)10-12-6-4-3-5-7-12/h3-7,13,18H,8-11,16H2,1-2H3,(H,17,19)/t13-/m1/s1. The van der Waals surface area contributed by atoms with E-state index in [1.54, 1.807) is 0 Å². The van der Waals surface area contributed by atoms with Gasteiger partial charge in [-0.2, -0.15) is 0 Å². The fourth-order valence-electron chi connectivity index (χ4n) is 1.81. The number of hydrogen-bond donors (Lipinski definition) is 3. The summed E-state index contributed by atoms with van der Waals surface area (Å²) in [4.78, 5) is 11.9. The summed E-state index contributed by atoms with van der Waals surface area (Å²) in [5.41, 5.74) is 6.83. The third kappa shape index (κ3) is 5.85. The van der Waals surface area contributed by atoms with Gasteiger partial charge in [0, 0.05) is 13.2 Å². The number of aliphatic hydroxyl groups excluding tert-OH is 1. The summed E-state index contributed by atoms with van der Waals surface area (Å²) in [6.07, 6.45) is 1.19. The molecule has 1 aromatic carbocycles. The van der Waals surface area contributed by atoms with Crippen molar-refractivity contribution < 1.29 is 9.90 Å². The number of carbonyl (C=O) groups is 1. The Morgan fingerprint density at radius 1 is 1.37 bits per heavy atom. The number of nitrogens with two attached hydrogens (primary N) is 1. The van der Waals surface area contributed by atoms with Crippen LogP contribution in [0.2, 0.25) is 0 Å². The van der Waals surface area contributed by atoms with Gasteiger partial charge < -0.3 is 16.2 Å². The van der Waals surface area contributed by atoms with Crippen LogP contribution in [-0.2, 0) is 11.2 Å². The first-order valence-corrected chi connectivity index (χ1v) is 6.63. The molecule has 1 atom stereocenters. The molecule has 4 nitrogen and oxygen atoms in total. The van der Waals surface area contributed by atoms with E-state index in [4.69, 9.17) is 10.8 Å². The second-order valence-corrected chi connectivity index (χ2v) is 5.65. The molecule has 0 aliphatic rings. The van der Waals surface area contributed by atoms with Gasteiger partial charge in [0.15, 0.2) is 0 Å². The second kappa shape index (κ2) is 7.26. The van der Waals surface area contributed by atoms with Gasteiger partial charge in [0.1, 0.15) is 0 Å². The quantitative estimate of drug-likeness (QED) is 0.690.